The van der Waals surface area contributed by atoms with E-state index < -0.39 is 17.7 Å². The molecule has 4 rings (SSSR count). The zero-order valence-electron chi connectivity index (χ0n) is 14.6. The van der Waals surface area contributed by atoms with Gasteiger partial charge in [0.25, 0.3) is 5.71 Å². The summed E-state index contributed by atoms with van der Waals surface area (Å²) in [7, 11) is 0. The molecule has 0 spiro atoms. The van der Waals surface area contributed by atoms with Crippen molar-refractivity contribution in [3.05, 3.63) is 47.4 Å². The lowest BCUT2D eigenvalue weighted by atomic mass is 10.0. The fourth-order valence-electron chi connectivity index (χ4n) is 3.28. The van der Waals surface area contributed by atoms with Crippen LogP contribution in [0.15, 0.2) is 29.0 Å². The van der Waals surface area contributed by atoms with Crippen LogP contribution >= 0.6 is 0 Å². The molecule has 0 saturated carbocycles. The van der Waals surface area contributed by atoms with Crippen LogP contribution in [0.25, 0.3) is 11.1 Å². The fraction of sp³-hybridized carbons (Fsp3) is 0.333. The molecule has 3 aromatic rings. The monoisotopic (exact) mass is 373 g/mol. The summed E-state index contributed by atoms with van der Waals surface area (Å²) in [5.41, 5.74) is 1.25. The molecular formula is C18H17F2N5O2. The number of carbonyl (C=O) groups excluding carboxylic acids is 1. The van der Waals surface area contributed by atoms with Crippen LogP contribution in [0.2, 0.25) is 0 Å². The summed E-state index contributed by atoms with van der Waals surface area (Å²) in [5.74, 6) is -0.981. The standard InChI is InChI=1S/C18H17F2N5O2/c1-10-15-16(21-9-22-17(15)27-24-10)23-14-3-2-6-25(18(14)26)8-11-4-5-12(19)7-13(11)20/h4-5,7,9,14H,2-3,6,8H2,1H3,(H,21,22,23). The van der Waals surface area contributed by atoms with Crippen LogP contribution in [0, 0.1) is 18.6 Å². The summed E-state index contributed by atoms with van der Waals surface area (Å²) in [4.78, 5) is 22.6. The molecule has 1 aliphatic heterocycles. The number of nitrogens with one attached hydrogen (secondary N) is 1. The number of hydrogen-bond acceptors (Lipinski definition) is 6. The van der Waals surface area contributed by atoms with Gasteiger partial charge in [0.05, 0.1) is 5.69 Å². The Balaban J connectivity index is 1.54. The molecule has 1 fully saturated rings. The summed E-state index contributed by atoms with van der Waals surface area (Å²) >= 11 is 0. The van der Waals surface area contributed by atoms with E-state index >= 15 is 0 Å². The molecule has 1 unspecified atom stereocenters. The molecule has 7 nitrogen and oxygen atoms in total. The molecule has 1 amide bonds. The van der Waals surface area contributed by atoms with E-state index in [1.807, 2.05) is 0 Å². The lowest BCUT2D eigenvalue weighted by molar-refractivity contribution is -0.134. The van der Waals surface area contributed by atoms with Gasteiger partial charge in [0.1, 0.15) is 35.2 Å². The number of piperidine rings is 1. The Bertz CT molecular complexity index is 1010. The predicted molar refractivity (Wildman–Crippen MR) is 92.8 cm³/mol. The number of fused-ring (bicyclic) bond motifs is 1. The topological polar surface area (TPSA) is 84.2 Å². The molecule has 1 N–H and O–H groups in total. The van der Waals surface area contributed by atoms with Gasteiger partial charge in [0.2, 0.25) is 5.91 Å². The molecule has 9 heteroatoms. The molecule has 27 heavy (non-hydrogen) atoms. The molecule has 0 aliphatic carbocycles. The van der Waals surface area contributed by atoms with E-state index in [1.165, 1.54) is 18.5 Å². The minimum Gasteiger partial charge on any atom is -0.358 e. The number of likely N-dealkylation sites (tertiary alicyclic amines) is 1. The Labute approximate surface area is 153 Å². The zero-order chi connectivity index (χ0) is 19.0. The number of hydrogen-bond donors (Lipinski definition) is 1. The lowest BCUT2D eigenvalue weighted by Crippen LogP contribution is -2.47. The third-order valence-electron chi connectivity index (χ3n) is 4.66. The number of anilines is 1. The van der Waals surface area contributed by atoms with Crippen molar-refractivity contribution in [2.75, 3.05) is 11.9 Å². The number of benzene rings is 1. The summed E-state index contributed by atoms with van der Waals surface area (Å²) < 4.78 is 32.1. The minimum absolute atomic E-state index is 0.0919. The summed E-state index contributed by atoms with van der Waals surface area (Å²) in [5, 5.41) is 7.65. The van der Waals surface area contributed by atoms with Gasteiger partial charge in [-0.1, -0.05) is 11.2 Å². The normalized spacial score (nSPS) is 17.5. The Kier molecular flexibility index (Phi) is 4.43. The van der Waals surface area contributed by atoms with E-state index in [0.29, 0.717) is 35.6 Å². The van der Waals surface area contributed by atoms with Gasteiger partial charge >= 0.3 is 0 Å². The molecule has 1 aliphatic rings. The van der Waals surface area contributed by atoms with Crippen molar-refractivity contribution in [2.24, 2.45) is 0 Å². The Hall–Kier alpha value is -3.10. The Morgan fingerprint density at radius 3 is 3.00 bits per heavy atom. The first kappa shape index (κ1) is 17.3. The Morgan fingerprint density at radius 2 is 2.19 bits per heavy atom. The van der Waals surface area contributed by atoms with Crippen LogP contribution in [-0.4, -0.2) is 38.5 Å². The highest BCUT2D eigenvalue weighted by Gasteiger charge is 2.30. The number of nitrogens with zero attached hydrogens (tertiary/aromatic N) is 4. The van der Waals surface area contributed by atoms with Gasteiger partial charge < -0.3 is 14.7 Å². The fourth-order valence-corrected chi connectivity index (χ4v) is 3.28. The van der Waals surface area contributed by atoms with E-state index in [1.54, 1.807) is 11.8 Å². The van der Waals surface area contributed by atoms with E-state index in [-0.39, 0.29) is 18.0 Å². The average Bonchev–Trinajstić information content (AvgIpc) is 3.03. The largest absolute Gasteiger partial charge is 0.358 e. The van der Waals surface area contributed by atoms with Gasteiger partial charge in [-0.25, -0.2) is 13.8 Å². The maximum atomic E-state index is 13.9. The SMILES string of the molecule is Cc1noc2ncnc(NC3CCCN(Cc4ccc(F)cc4F)C3=O)c12. The van der Waals surface area contributed by atoms with Gasteiger partial charge in [-0.05, 0) is 25.8 Å². The van der Waals surface area contributed by atoms with Crippen LogP contribution < -0.4 is 5.32 Å². The summed E-state index contributed by atoms with van der Waals surface area (Å²) in [6.45, 7) is 2.38. The molecule has 0 bridgehead atoms. The maximum absolute atomic E-state index is 13.9. The summed E-state index contributed by atoms with van der Waals surface area (Å²) in [6.07, 6.45) is 2.72. The lowest BCUT2D eigenvalue weighted by Gasteiger charge is -2.33. The zero-order valence-corrected chi connectivity index (χ0v) is 14.6. The summed E-state index contributed by atoms with van der Waals surface area (Å²) in [6, 6.07) is 2.87. The highest BCUT2D eigenvalue weighted by molar-refractivity contribution is 5.91. The van der Waals surface area contributed by atoms with Crippen molar-refractivity contribution in [1.29, 1.82) is 0 Å². The number of carbonyl (C=O) groups is 1. The maximum Gasteiger partial charge on any atom is 0.263 e. The number of halogens is 2. The van der Waals surface area contributed by atoms with Gasteiger partial charge in [0, 0.05) is 24.7 Å². The number of amides is 1. The van der Waals surface area contributed by atoms with E-state index in [4.69, 9.17) is 4.52 Å². The first-order valence-electron chi connectivity index (χ1n) is 8.59. The molecular weight excluding hydrogens is 356 g/mol. The first-order chi connectivity index (χ1) is 13.0. The molecule has 1 saturated heterocycles. The average molecular weight is 373 g/mol. The van der Waals surface area contributed by atoms with Crippen molar-refractivity contribution in [3.8, 4) is 0 Å². The van der Waals surface area contributed by atoms with Crippen molar-refractivity contribution < 1.29 is 18.1 Å². The molecule has 0 radical (unpaired) electrons. The molecule has 2 aromatic heterocycles. The molecule has 1 aromatic carbocycles. The van der Waals surface area contributed by atoms with Crippen LogP contribution in [0.5, 0.6) is 0 Å². The van der Waals surface area contributed by atoms with Crippen molar-refractivity contribution in [2.45, 2.75) is 32.4 Å². The quantitative estimate of drug-likeness (QED) is 0.757. The van der Waals surface area contributed by atoms with Crippen molar-refractivity contribution >= 4 is 22.8 Å². The van der Waals surface area contributed by atoms with Crippen molar-refractivity contribution in [3.63, 3.8) is 0 Å². The second kappa shape index (κ2) is 6.90. The molecule has 140 valence electrons. The van der Waals surface area contributed by atoms with Crippen LogP contribution in [-0.2, 0) is 11.3 Å². The number of aromatic nitrogens is 3. The van der Waals surface area contributed by atoms with Gasteiger partial charge in [0.15, 0.2) is 0 Å². The first-order valence-corrected chi connectivity index (χ1v) is 8.59. The van der Waals surface area contributed by atoms with Crippen LogP contribution in [0.1, 0.15) is 24.1 Å². The third-order valence-corrected chi connectivity index (χ3v) is 4.66. The van der Waals surface area contributed by atoms with Crippen LogP contribution in [0.4, 0.5) is 14.6 Å². The second-order valence-electron chi connectivity index (χ2n) is 6.51. The predicted octanol–water partition coefficient (Wildman–Crippen LogP) is 2.81. The second-order valence-corrected chi connectivity index (χ2v) is 6.51. The van der Waals surface area contributed by atoms with Gasteiger partial charge in [-0.2, -0.15) is 4.98 Å². The van der Waals surface area contributed by atoms with E-state index in [2.05, 4.69) is 20.4 Å². The number of rotatable bonds is 4. The number of aryl methyl sites for hydroxylation is 1. The third kappa shape index (κ3) is 3.32. The Morgan fingerprint density at radius 1 is 1.33 bits per heavy atom. The van der Waals surface area contributed by atoms with E-state index in [0.717, 1.165) is 12.5 Å². The molecule has 1 atom stereocenters. The van der Waals surface area contributed by atoms with Crippen molar-refractivity contribution in [1.82, 2.24) is 20.0 Å². The van der Waals surface area contributed by atoms with Gasteiger partial charge in [-0.15, -0.1) is 0 Å². The smallest absolute Gasteiger partial charge is 0.263 e. The van der Waals surface area contributed by atoms with E-state index in [9.17, 15) is 13.6 Å². The minimum atomic E-state index is -0.657. The van der Waals surface area contributed by atoms with Gasteiger partial charge in [-0.3, -0.25) is 4.79 Å². The van der Waals surface area contributed by atoms with Crippen LogP contribution in [0.3, 0.4) is 0 Å². The highest BCUT2D eigenvalue weighted by atomic mass is 19.1. The molecule has 3 heterocycles. The highest BCUT2D eigenvalue weighted by Crippen LogP contribution is 2.25.